The van der Waals surface area contributed by atoms with Crippen molar-refractivity contribution in [3.63, 3.8) is 0 Å². The Morgan fingerprint density at radius 1 is 0.945 bits per heavy atom. The number of ether oxygens (including phenoxy) is 5. The Kier molecular flexibility index (Phi) is 16.7. The number of esters is 1. The highest BCUT2D eigenvalue weighted by molar-refractivity contribution is 6.39. The average molecular weight is 776 g/mol. The van der Waals surface area contributed by atoms with E-state index in [1.165, 1.54) is 4.90 Å². The molecule has 0 aromatic heterocycles. The molecule has 3 heterocycles. The molecule has 4 aliphatic rings. The molecule has 55 heavy (non-hydrogen) atoms. The number of fused-ring (bicyclic) bond motifs is 3. The van der Waals surface area contributed by atoms with Crippen molar-refractivity contribution >= 4 is 23.4 Å². The summed E-state index contributed by atoms with van der Waals surface area (Å²) in [6.07, 6.45) is 7.10. The summed E-state index contributed by atoms with van der Waals surface area (Å²) in [5.74, 6) is -6.17. The van der Waals surface area contributed by atoms with Crippen LogP contribution in [0, 0.1) is 29.6 Å². The summed E-state index contributed by atoms with van der Waals surface area (Å²) < 4.78 is 29.9. The maximum absolute atomic E-state index is 14.3. The van der Waals surface area contributed by atoms with Crippen molar-refractivity contribution in [1.29, 1.82) is 0 Å². The van der Waals surface area contributed by atoms with E-state index in [-0.39, 0.29) is 48.5 Å². The summed E-state index contributed by atoms with van der Waals surface area (Å²) in [5.41, 5.74) is 1.91. The van der Waals surface area contributed by atoms with E-state index >= 15 is 0 Å². The molecule has 3 fully saturated rings. The molecular weight excluding hydrogens is 706 g/mol. The fraction of sp³-hybridized carbons (Fsp3) is 0.814. The summed E-state index contributed by atoms with van der Waals surface area (Å²) >= 11 is 0. The first-order chi connectivity index (χ1) is 26.1. The quantitative estimate of drug-likeness (QED) is 0.199. The Hall–Kier alpha value is -2.48. The number of methoxy groups -OCH3 is 3. The maximum Gasteiger partial charge on any atom is 0.329 e. The van der Waals surface area contributed by atoms with Gasteiger partial charge in [-0.1, -0.05) is 45.4 Å². The molecule has 312 valence electrons. The second-order valence-corrected chi connectivity index (χ2v) is 17.0. The van der Waals surface area contributed by atoms with Crippen molar-refractivity contribution in [3.05, 3.63) is 23.3 Å². The molecule has 0 aromatic rings. The van der Waals surface area contributed by atoms with Crippen LogP contribution >= 0.6 is 0 Å². The zero-order valence-corrected chi connectivity index (χ0v) is 34.8. The van der Waals surface area contributed by atoms with Crippen LogP contribution in [0.5, 0.6) is 0 Å². The fourth-order valence-corrected chi connectivity index (χ4v) is 9.40. The lowest BCUT2D eigenvalue weighted by Crippen LogP contribution is -2.64. The van der Waals surface area contributed by atoms with Gasteiger partial charge in [0.15, 0.2) is 0 Å². The molecule has 1 saturated carbocycles. The van der Waals surface area contributed by atoms with Gasteiger partial charge in [-0.3, -0.25) is 14.4 Å². The van der Waals surface area contributed by atoms with Gasteiger partial charge in [-0.25, -0.2) is 4.79 Å². The van der Waals surface area contributed by atoms with Crippen molar-refractivity contribution in [2.75, 3.05) is 27.9 Å². The van der Waals surface area contributed by atoms with Crippen molar-refractivity contribution < 1.29 is 53.1 Å². The molecule has 13 unspecified atom stereocenters. The Morgan fingerprint density at radius 3 is 2.27 bits per heavy atom. The minimum absolute atomic E-state index is 0.0909. The van der Waals surface area contributed by atoms with Crippen LogP contribution in [-0.4, -0.2) is 115 Å². The molecule has 1 aliphatic carbocycles. The number of aliphatic hydroxyl groups is 2. The van der Waals surface area contributed by atoms with Crippen LogP contribution in [0.2, 0.25) is 0 Å². The largest absolute Gasteiger partial charge is 0.456 e. The van der Waals surface area contributed by atoms with Crippen LogP contribution in [-0.2, 0) is 42.9 Å². The number of hydrogen-bond acceptors (Lipinski definition) is 11. The monoisotopic (exact) mass is 775 g/mol. The normalized spacial score (nSPS) is 40.7. The first-order valence-electron chi connectivity index (χ1n) is 20.7. The van der Waals surface area contributed by atoms with E-state index in [1.54, 1.807) is 28.3 Å². The second kappa shape index (κ2) is 20.3. The molecule has 4 rings (SSSR count). The smallest absolute Gasteiger partial charge is 0.329 e. The predicted molar refractivity (Wildman–Crippen MR) is 207 cm³/mol. The highest BCUT2D eigenvalue weighted by atomic mass is 16.7. The number of nitrogens with zero attached hydrogens (tertiary/aromatic N) is 1. The molecule has 13 atom stereocenters. The highest BCUT2D eigenvalue weighted by Crippen LogP contribution is 2.39. The number of Topliss-reactive ketones (excluding diaryl/α,β-unsaturated/α-hetero) is 2. The van der Waals surface area contributed by atoms with E-state index in [2.05, 4.69) is 19.1 Å². The van der Waals surface area contributed by atoms with Gasteiger partial charge in [-0.15, -0.1) is 0 Å². The van der Waals surface area contributed by atoms with Crippen LogP contribution in [0.3, 0.4) is 0 Å². The third-order valence-electron chi connectivity index (χ3n) is 12.8. The van der Waals surface area contributed by atoms with Gasteiger partial charge >= 0.3 is 5.97 Å². The number of piperidine rings is 1. The number of hydrogen-bond donors (Lipinski definition) is 2. The van der Waals surface area contributed by atoms with Crippen molar-refractivity contribution in [2.45, 2.75) is 167 Å². The van der Waals surface area contributed by atoms with E-state index in [0.29, 0.717) is 64.2 Å². The third kappa shape index (κ3) is 10.9. The average Bonchev–Trinajstić information content (AvgIpc) is 3.17. The summed E-state index contributed by atoms with van der Waals surface area (Å²) in [7, 11) is 4.70. The molecular formula is C43H69NO11. The van der Waals surface area contributed by atoms with Gasteiger partial charge in [-0.2, -0.15) is 0 Å². The molecule has 0 radical (unpaired) electrons. The van der Waals surface area contributed by atoms with E-state index in [1.807, 2.05) is 27.7 Å². The maximum atomic E-state index is 14.3. The third-order valence-corrected chi connectivity index (χ3v) is 12.8. The van der Waals surface area contributed by atoms with Crippen molar-refractivity contribution in [1.82, 2.24) is 4.90 Å². The molecule has 3 aliphatic heterocycles. The van der Waals surface area contributed by atoms with E-state index in [0.717, 1.165) is 17.6 Å². The number of allylic oxidation sites excluding steroid dienone is 3. The zero-order valence-electron chi connectivity index (χ0n) is 34.8. The van der Waals surface area contributed by atoms with Crippen LogP contribution < -0.4 is 0 Å². The molecule has 12 nitrogen and oxygen atoms in total. The second-order valence-electron chi connectivity index (χ2n) is 17.0. The number of ketones is 2. The first-order valence-corrected chi connectivity index (χ1v) is 20.7. The molecule has 1 amide bonds. The van der Waals surface area contributed by atoms with Gasteiger partial charge in [-0.05, 0) is 108 Å². The summed E-state index contributed by atoms with van der Waals surface area (Å²) in [6, 6.07) is -1.04. The molecule has 0 aromatic carbocycles. The Bertz CT molecular complexity index is 1400. The fourth-order valence-electron chi connectivity index (χ4n) is 9.40. The lowest BCUT2D eigenvalue weighted by Gasteiger charge is -2.47. The van der Waals surface area contributed by atoms with Crippen molar-refractivity contribution in [2.24, 2.45) is 29.6 Å². The minimum atomic E-state index is -2.46. The first kappa shape index (κ1) is 45.2. The van der Waals surface area contributed by atoms with Crippen LogP contribution in [0.1, 0.15) is 119 Å². The topological polar surface area (TPSA) is 158 Å². The number of amides is 1. The number of aliphatic hydroxyl groups excluding tert-OH is 1. The van der Waals surface area contributed by atoms with Gasteiger partial charge in [0.2, 0.25) is 5.79 Å². The van der Waals surface area contributed by atoms with Crippen LogP contribution in [0.4, 0.5) is 0 Å². The Balaban J connectivity index is 1.73. The van der Waals surface area contributed by atoms with Gasteiger partial charge in [0.05, 0.1) is 24.4 Å². The predicted octanol–water partition coefficient (Wildman–Crippen LogP) is 5.50. The lowest BCUT2D eigenvalue weighted by atomic mass is 9.82. The summed E-state index contributed by atoms with van der Waals surface area (Å²) in [4.78, 5) is 57.6. The molecule has 2 N–H and O–H groups in total. The molecule has 12 heteroatoms. The molecule has 2 bridgehead atoms. The lowest BCUT2D eigenvalue weighted by molar-refractivity contribution is -0.302. The minimum Gasteiger partial charge on any atom is -0.456 e. The van der Waals surface area contributed by atoms with E-state index in [4.69, 9.17) is 23.7 Å². The number of rotatable bonds is 6. The van der Waals surface area contributed by atoms with Gasteiger partial charge < -0.3 is 38.8 Å². The van der Waals surface area contributed by atoms with Gasteiger partial charge in [0, 0.05) is 46.1 Å². The van der Waals surface area contributed by atoms with Crippen LogP contribution in [0.15, 0.2) is 23.3 Å². The highest BCUT2D eigenvalue weighted by Gasteiger charge is 2.56. The standard InChI is InChI=1S/C43H69NO11/c1-10-31-20-25(2)19-26(3)21-36(52-8)39-37(53-9)23-29(6)43(50,55-39)40(47)41(48)44-18-12-11-13-32(44)42(49)54-38(27(4)14-16-33(31)45)28(5)22-30-15-17-34(46)35(24-30)51-7/h20,22,26-27,29-32,34-39,46,50H,10-19,21,23-24H2,1-9H3/b25-20+,28-22?. The van der Waals surface area contributed by atoms with Gasteiger partial charge in [0.25, 0.3) is 11.7 Å². The number of carbonyl (C=O) groups excluding carboxylic acids is 4. The number of carbonyl (C=O) groups is 4. The van der Waals surface area contributed by atoms with Crippen molar-refractivity contribution in [3.8, 4) is 0 Å². The number of cyclic esters (lactones) is 1. The Morgan fingerprint density at radius 2 is 1.62 bits per heavy atom. The molecule has 0 spiro atoms. The van der Waals surface area contributed by atoms with E-state index in [9.17, 15) is 29.4 Å². The SMILES string of the molecule is CCC1/C=C(\C)CC(C)CC(OC)C2OC(O)(C(=O)C(=O)N3CCCCC3C(=O)OC(C(C)=CC3CCC(O)C(OC)C3)C(C)CCC1=O)C(C)CC2OC. The summed E-state index contributed by atoms with van der Waals surface area (Å²) in [6.45, 7) is 11.8. The molecule has 2 saturated heterocycles. The Labute approximate surface area is 328 Å². The summed E-state index contributed by atoms with van der Waals surface area (Å²) in [5, 5.41) is 22.4. The zero-order chi connectivity index (χ0) is 40.6. The van der Waals surface area contributed by atoms with Gasteiger partial charge in [0.1, 0.15) is 24.0 Å². The van der Waals surface area contributed by atoms with Crippen LogP contribution in [0.25, 0.3) is 0 Å². The van der Waals surface area contributed by atoms with E-state index < -0.39 is 65.9 Å².